The highest BCUT2D eigenvalue weighted by molar-refractivity contribution is 6.04. The van der Waals surface area contributed by atoms with E-state index >= 15 is 0 Å². The van der Waals surface area contributed by atoms with Crippen molar-refractivity contribution in [1.29, 1.82) is 0 Å². The molecule has 3 aliphatic heterocycles. The second kappa shape index (κ2) is 7.97. The first kappa shape index (κ1) is 20.5. The third-order valence-electron chi connectivity index (χ3n) is 6.68. The van der Waals surface area contributed by atoms with Crippen LogP contribution in [0.15, 0.2) is 41.4 Å². The van der Waals surface area contributed by atoms with Crippen molar-refractivity contribution in [1.82, 2.24) is 4.90 Å². The number of ether oxygens (including phenoxy) is 2. The van der Waals surface area contributed by atoms with Gasteiger partial charge < -0.3 is 19.3 Å². The molecule has 1 atom stereocenters. The van der Waals surface area contributed by atoms with Gasteiger partial charge in [0, 0.05) is 31.1 Å². The van der Waals surface area contributed by atoms with Crippen LogP contribution in [0.3, 0.4) is 0 Å². The third-order valence-corrected chi connectivity index (χ3v) is 6.68. The van der Waals surface area contributed by atoms with E-state index in [1.807, 2.05) is 41.1 Å². The van der Waals surface area contributed by atoms with E-state index in [0.717, 1.165) is 31.5 Å². The molecule has 3 aliphatic rings. The molecule has 1 unspecified atom stereocenters. The van der Waals surface area contributed by atoms with Crippen LogP contribution in [0, 0.1) is 0 Å². The third kappa shape index (κ3) is 3.42. The minimum Gasteiger partial charge on any atom is -0.493 e. The first-order chi connectivity index (χ1) is 15.5. The van der Waals surface area contributed by atoms with Gasteiger partial charge in [-0.15, -0.1) is 0 Å². The number of hydrogen-bond donors (Lipinski definition) is 0. The molecule has 7 nitrogen and oxygen atoms in total. The maximum atomic E-state index is 13.2. The molecule has 0 bridgehead atoms. The summed E-state index contributed by atoms with van der Waals surface area (Å²) in [4.78, 5) is 34.2. The van der Waals surface area contributed by atoms with E-state index in [-0.39, 0.29) is 30.4 Å². The molecular formula is C25H27N3O4. The summed E-state index contributed by atoms with van der Waals surface area (Å²) in [6, 6.07) is 11.4. The van der Waals surface area contributed by atoms with E-state index in [2.05, 4.69) is 11.1 Å². The zero-order chi connectivity index (χ0) is 22.3. The van der Waals surface area contributed by atoms with Gasteiger partial charge in [0.1, 0.15) is 0 Å². The molecule has 0 aliphatic carbocycles. The largest absolute Gasteiger partial charge is 0.493 e. The van der Waals surface area contributed by atoms with Crippen molar-refractivity contribution < 1.29 is 19.1 Å². The number of para-hydroxylation sites is 1. The zero-order valence-corrected chi connectivity index (χ0v) is 18.5. The summed E-state index contributed by atoms with van der Waals surface area (Å²) < 4.78 is 11.4. The number of nitrogens with zero attached hydrogens (tertiary/aromatic N) is 3. The van der Waals surface area contributed by atoms with Crippen molar-refractivity contribution in [3.8, 4) is 11.5 Å². The summed E-state index contributed by atoms with van der Waals surface area (Å²) >= 11 is 0. The van der Waals surface area contributed by atoms with Crippen molar-refractivity contribution in [3.63, 3.8) is 0 Å². The predicted octanol–water partition coefficient (Wildman–Crippen LogP) is 3.76. The fourth-order valence-corrected chi connectivity index (χ4v) is 4.89. The van der Waals surface area contributed by atoms with Crippen molar-refractivity contribution in [2.45, 2.75) is 38.1 Å². The standard InChI is InChI=1S/C25H27N3O4/c1-25-10-5-11-28(25)24(30)18-14-21(31-2)22(15-19(18)26-16-25)32-13-9-23(29)27-12-8-17-6-3-4-7-20(17)27/h3-4,6-7,14-16H,5,8-13H2,1-2H3. The van der Waals surface area contributed by atoms with E-state index < -0.39 is 0 Å². The Bertz CT molecular complexity index is 1110. The average Bonchev–Trinajstić information content (AvgIpc) is 3.39. The molecule has 0 saturated carbocycles. The van der Waals surface area contributed by atoms with Gasteiger partial charge in [0.2, 0.25) is 5.91 Å². The van der Waals surface area contributed by atoms with Crippen LogP contribution in [-0.4, -0.2) is 55.3 Å². The number of hydrogen-bond acceptors (Lipinski definition) is 5. The molecule has 5 rings (SSSR count). The Kier molecular flexibility index (Phi) is 5.12. The summed E-state index contributed by atoms with van der Waals surface area (Å²) in [5.41, 5.74) is 2.91. The normalized spacial score (nSPS) is 21.1. The smallest absolute Gasteiger partial charge is 0.256 e. The highest BCUT2D eigenvalue weighted by Gasteiger charge is 2.41. The van der Waals surface area contributed by atoms with E-state index in [1.54, 1.807) is 19.2 Å². The summed E-state index contributed by atoms with van der Waals surface area (Å²) in [5, 5.41) is 0. The van der Waals surface area contributed by atoms with Gasteiger partial charge in [0.25, 0.3) is 5.91 Å². The first-order valence-electron chi connectivity index (χ1n) is 11.1. The molecule has 0 spiro atoms. The van der Waals surface area contributed by atoms with Gasteiger partial charge in [0.15, 0.2) is 11.5 Å². The van der Waals surface area contributed by atoms with Gasteiger partial charge in [0.05, 0.1) is 36.9 Å². The van der Waals surface area contributed by atoms with Crippen LogP contribution < -0.4 is 14.4 Å². The minimum absolute atomic E-state index is 0.0328. The van der Waals surface area contributed by atoms with Gasteiger partial charge in [-0.05, 0) is 43.9 Å². The number of carbonyl (C=O) groups is 2. The zero-order valence-electron chi connectivity index (χ0n) is 18.5. The lowest BCUT2D eigenvalue weighted by Crippen LogP contribution is -2.45. The maximum Gasteiger partial charge on any atom is 0.256 e. The lowest BCUT2D eigenvalue weighted by Gasteiger charge is -2.30. The van der Waals surface area contributed by atoms with E-state index in [4.69, 9.17) is 9.47 Å². The molecule has 2 aromatic rings. The molecule has 1 saturated heterocycles. The molecule has 0 N–H and O–H groups in total. The molecule has 7 heteroatoms. The first-order valence-corrected chi connectivity index (χ1v) is 11.1. The molecule has 1 fully saturated rings. The average molecular weight is 434 g/mol. The van der Waals surface area contributed by atoms with Crippen molar-refractivity contribution in [2.75, 3.05) is 31.7 Å². The van der Waals surface area contributed by atoms with Gasteiger partial charge in [-0.1, -0.05) is 18.2 Å². The summed E-state index contributed by atoms with van der Waals surface area (Å²) in [6.45, 7) is 3.69. The number of anilines is 1. The van der Waals surface area contributed by atoms with E-state index in [1.165, 1.54) is 5.56 Å². The summed E-state index contributed by atoms with van der Waals surface area (Å²) in [7, 11) is 1.55. The van der Waals surface area contributed by atoms with Gasteiger partial charge >= 0.3 is 0 Å². The van der Waals surface area contributed by atoms with Gasteiger partial charge in [-0.25, -0.2) is 0 Å². The number of methoxy groups -OCH3 is 1. The van der Waals surface area contributed by atoms with Crippen LogP contribution in [0.25, 0.3) is 0 Å². The molecule has 32 heavy (non-hydrogen) atoms. The van der Waals surface area contributed by atoms with Crippen molar-refractivity contribution in [3.05, 3.63) is 47.5 Å². The Morgan fingerprint density at radius 1 is 1.19 bits per heavy atom. The predicted molar refractivity (Wildman–Crippen MR) is 122 cm³/mol. The fraction of sp³-hybridized carbons (Fsp3) is 0.400. The van der Waals surface area contributed by atoms with Crippen LogP contribution in [-0.2, 0) is 11.2 Å². The van der Waals surface area contributed by atoms with Crippen LogP contribution >= 0.6 is 0 Å². The monoisotopic (exact) mass is 433 g/mol. The Balaban J connectivity index is 1.32. The molecule has 3 heterocycles. The lowest BCUT2D eigenvalue weighted by atomic mass is 10.0. The topological polar surface area (TPSA) is 71.4 Å². The molecule has 0 aromatic heterocycles. The second-order valence-corrected chi connectivity index (χ2v) is 8.72. The molecule has 2 amide bonds. The van der Waals surface area contributed by atoms with Crippen molar-refractivity contribution in [2.24, 2.45) is 4.99 Å². The highest BCUT2D eigenvalue weighted by atomic mass is 16.5. The Hall–Kier alpha value is -3.35. The number of rotatable bonds is 5. The number of fused-ring (bicyclic) bond motifs is 3. The number of carbonyl (C=O) groups excluding carboxylic acids is 2. The van der Waals surface area contributed by atoms with Crippen LogP contribution in [0.1, 0.15) is 42.1 Å². The Morgan fingerprint density at radius 2 is 2.03 bits per heavy atom. The van der Waals surface area contributed by atoms with Gasteiger partial charge in [-0.2, -0.15) is 0 Å². The number of benzene rings is 2. The summed E-state index contributed by atoms with van der Waals surface area (Å²) in [6.07, 6.45) is 4.87. The molecule has 0 radical (unpaired) electrons. The number of aliphatic imine (C=N–C) groups is 1. The van der Waals surface area contributed by atoms with E-state index in [9.17, 15) is 9.59 Å². The molecule has 166 valence electrons. The highest BCUT2D eigenvalue weighted by Crippen LogP contribution is 2.40. The van der Waals surface area contributed by atoms with Crippen LogP contribution in [0.5, 0.6) is 11.5 Å². The Morgan fingerprint density at radius 3 is 2.88 bits per heavy atom. The van der Waals surface area contributed by atoms with Crippen LogP contribution in [0.4, 0.5) is 11.4 Å². The fourth-order valence-electron chi connectivity index (χ4n) is 4.89. The maximum absolute atomic E-state index is 13.2. The lowest BCUT2D eigenvalue weighted by molar-refractivity contribution is -0.119. The van der Waals surface area contributed by atoms with Crippen LogP contribution in [0.2, 0.25) is 0 Å². The second-order valence-electron chi connectivity index (χ2n) is 8.72. The quantitative estimate of drug-likeness (QED) is 0.720. The summed E-state index contributed by atoms with van der Waals surface area (Å²) in [5.74, 6) is 0.947. The Labute approximate surface area is 187 Å². The van der Waals surface area contributed by atoms with Crippen molar-refractivity contribution >= 4 is 29.4 Å². The minimum atomic E-state index is -0.358. The molecular weight excluding hydrogens is 406 g/mol. The molecule has 2 aromatic carbocycles. The number of amides is 2. The van der Waals surface area contributed by atoms with E-state index in [0.29, 0.717) is 29.3 Å². The van der Waals surface area contributed by atoms with Gasteiger partial charge in [-0.3, -0.25) is 14.6 Å². The SMILES string of the molecule is COc1cc2c(cc1OCCC(=O)N1CCc3ccccc31)N=CC1(C)CCCN1C2=O.